The molecule has 0 N–H and O–H groups in total. The number of fused-ring (bicyclic) bond motifs is 2. The number of hydrogen-bond acceptors (Lipinski definition) is 5. The third-order valence-electron chi connectivity index (χ3n) is 4.49. The van der Waals surface area contributed by atoms with E-state index in [2.05, 4.69) is 0 Å². The Bertz CT molecular complexity index is 1100. The molecule has 0 radical (unpaired) electrons. The maximum absolute atomic E-state index is 13.1. The van der Waals surface area contributed by atoms with Crippen molar-refractivity contribution in [3.63, 3.8) is 0 Å². The third kappa shape index (κ3) is 3.07. The molecule has 3 aromatic carbocycles. The zero-order valence-corrected chi connectivity index (χ0v) is 15.1. The van der Waals surface area contributed by atoms with Gasteiger partial charge in [-0.05, 0) is 17.7 Å². The van der Waals surface area contributed by atoms with Crippen LogP contribution in [0.3, 0.4) is 0 Å². The monoisotopic (exact) mass is 372 g/mol. The van der Waals surface area contributed by atoms with Crippen molar-refractivity contribution in [2.24, 2.45) is 0 Å². The van der Waals surface area contributed by atoms with Crippen molar-refractivity contribution in [3.05, 3.63) is 94.5 Å². The lowest BCUT2D eigenvalue weighted by molar-refractivity contribution is -0.132. The average Bonchev–Trinajstić information content (AvgIpc) is 2.71. The van der Waals surface area contributed by atoms with Gasteiger partial charge in [0.1, 0.15) is 6.61 Å². The lowest BCUT2D eigenvalue weighted by Gasteiger charge is -2.21. The molecule has 0 saturated heterocycles. The number of hydrogen-bond donors (Lipinski definition) is 0. The van der Waals surface area contributed by atoms with E-state index in [1.54, 1.807) is 36.4 Å². The Hall–Kier alpha value is -3.73. The number of rotatable bonds is 4. The molecule has 0 spiro atoms. The van der Waals surface area contributed by atoms with Crippen LogP contribution in [-0.4, -0.2) is 17.5 Å². The van der Waals surface area contributed by atoms with Crippen molar-refractivity contribution in [3.8, 4) is 11.5 Å². The van der Waals surface area contributed by atoms with Crippen molar-refractivity contribution in [2.45, 2.75) is 13.5 Å². The summed E-state index contributed by atoms with van der Waals surface area (Å²) in [7, 11) is 0. The Labute approximate surface area is 161 Å². The highest BCUT2D eigenvalue weighted by Crippen LogP contribution is 2.40. The predicted octanol–water partition coefficient (Wildman–Crippen LogP) is 3.97. The maximum Gasteiger partial charge on any atom is 0.308 e. The first-order valence-corrected chi connectivity index (χ1v) is 8.77. The van der Waals surface area contributed by atoms with Gasteiger partial charge in [-0.1, -0.05) is 54.6 Å². The minimum atomic E-state index is -0.600. The molecule has 3 aromatic rings. The molecule has 138 valence electrons. The minimum absolute atomic E-state index is 0.0196. The average molecular weight is 372 g/mol. The van der Waals surface area contributed by atoms with Crippen LogP contribution in [0.1, 0.15) is 44.3 Å². The van der Waals surface area contributed by atoms with Crippen molar-refractivity contribution in [1.82, 2.24) is 0 Å². The van der Waals surface area contributed by atoms with Crippen LogP contribution >= 0.6 is 0 Å². The quantitative estimate of drug-likeness (QED) is 0.400. The van der Waals surface area contributed by atoms with Crippen LogP contribution in [0.5, 0.6) is 11.5 Å². The van der Waals surface area contributed by atoms with Gasteiger partial charge in [0.25, 0.3) is 0 Å². The second-order valence-corrected chi connectivity index (χ2v) is 6.39. The van der Waals surface area contributed by atoms with Gasteiger partial charge < -0.3 is 9.47 Å². The maximum atomic E-state index is 13.1. The van der Waals surface area contributed by atoms with Crippen LogP contribution in [-0.2, 0) is 11.4 Å². The van der Waals surface area contributed by atoms with Gasteiger partial charge in [-0.3, -0.25) is 14.4 Å². The Kier molecular flexibility index (Phi) is 4.49. The third-order valence-corrected chi connectivity index (χ3v) is 4.49. The first kappa shape index (κ1) is 17.7. The van der Waals surface area contributed by atoms with Crippen molar-refractivity contribution in [2.75, 3.05) is 0 Å². The molecular formula is C23H16O5. The second-order valence-electron chi connectivity index (χ2n) is 6.39. The molecule has 5 nitrogen and oxygen atoms in total. The summed E-state index contributed by atoms with van der Waals surface area (Å²) in [6, 6.07) is 19.2. The predicted molar refractivity (Wildman–Crippen MR) is 102 cm³/mol. The van der Waals surface area contributed by atoms with E-state index in [9.17, 15) is 14.4 Å². The van der Waals surface area contributed by atoms with Crippen LogP contribution < -0.4 is 9.47 Å². The molecule has 5 heteroatoms. The highest BCUT2D eigenvalue weighted by atomic mass is 16.6. The summed E-state index contributed by atoms with van der Waals surface area (Å²) in [6.07, 6.45) is 0. The molecule has 1 aliphatic carbocycles. The van der Waals surface area contributed by atoms with Crippen molar-refractivity contribution >= 4 is 17.5 Å². The topological polar surface area (TPSA) is 69.7 Å². The fraction of sp³-hybridized carbons (Fsp3) is 0.0870. The SMILES string of the molecule is CC(=O)Oc1c(OCc2ccccc2)ccc2c1C(=O)c1ccccc1C2=O. The van der Waals surface area contributed by atoms with E-state index in [4.69, 9.17) is 9.47 Å². The van der Waals surface area contributed by atoms with Crippen molar-refractivity contribution in [1.29, 1.82) is 0 Å². The van der Waals surface area contributed by atoms with Gasteiger partial charge in [0.15, 0.2) is 23.1 Å². The lowest BCUT2D eigenvalue weighted by atomic mass is 9.83. The summed E-state index contributed by atoms with van der Waals surface area (Å²) in [5.41, 5.74) is 1.80. The minimum Gasteiger partial charge on any atom is -0.485 e. The number of ether oxygens (including phenoxy) is 2. The second kappa shape index (κ2) is 7.12. The summed E-state index contributed by atoms with van der Waals surface area (Å²) >= 11 is 0. The van der Waals surface area contributed by atoms with Gasteiger partial charge in [-0.15, -0.1) is 0 Å². The Morgan fingerprint density at radius 3 is 2.11 bits per heavy atom. The molecule has 0 fully saturated rings. The normalized spacial score (nSPS) is 12.2. The molecule has 0 unspecified atom stereocenters. The highest BCUT2D eigenvalue weighted by Gasteiger charge is 2.34. The summed E-state index contributed by atoms with van der Waals surface area (Å²) in [5, 5.41) is 0. The van der Waals surface area contributed by atoms with E-state index in [0.29, 0.717) is 5.56 Å². The van der Waals surface area contributed by atoms with E-state index in [-0.39, 0.29) is 46.4 Å². The van der Waals surface area contributed by atoms with Gasteiger partial charge in [-0.25, -0.2) is 0 Å². The van der Waals surface area contributed by atoms with Crippen LogP contribution in [0.15, 0.2) is 66.7 Å². The van der Waals surface area contributed by atoms with Crippen LogP contribution in [0.25, 0.3) is 0 Å². The molecule has 4 rings (SSSR count). The van der Waals surface area contributed by atoms with Gasteiger partial charge in [0.2, 0.25) is 0 Å². The van der Waals surface area contributed by atoms with Crippen LogP contribution in [0, 0.1) is 0 Å². The molecule has 0 aromatic heterocycles. The lowest BCUT2D eigenvalue weighted by Crippen LogP contribution is -2.22. The Balaban J connectivity index is 1.80. The molecule has 0 atom stereocenters. The molecule has 0 amide bonds. The van der Waals surface area contributed by atoms with E-state index >= 15 is 0 Å². The first-order valence-electron chi connectivity index (χ1n) is 8.77. The largest absolute Gasteiger partial charge is 0.485 e. The smallest absolute Gasteiger partial charge is 0.308 e. The van der Waals surface area contributed by atoms with Gasteiger partial charge >= 0.3 is 5.97 Å². The number of esters is 1. The van der Waals surface area contributed by atoms with Crippen LogP contribution in [0.2, 0.25) is 0 Å². The standard InChI is InChI=1S/C23H16O5/c1-14(24)28-23-19(27-13-15-7-3-2-4-8-15)12-11-18-20(23)22(26)17-10-6-5-9-16(17)21(18)25/h2-12H,13H2,1H3. The number of carbonyl (C=O) groups excluding carboxylic acids is 3. The van der Waals surface area contributed by atoms with E-state index in [0.717, 1.165) is 5.56 Å². The molecule has 0 saturated carbocycles. The molecular weight excluding hydrogens is 356 g/mol. The number of ketones is 2. The molecule has 1 aliphatic rings. The fourth-order valence-corrected chi connectivity index (χ4v) is 3.23. The zero-order valence-electron chi connectivity index (χ0n) is 15.1. The molecule has 0 aliphatic heterocycles. The van der Waals surface area contributed by atoms with Gasteiger partial charge in [0, 0.05) is 23.6 Å². The molecule has 28 heavy (non-hydrogen) atoms. The summed E-state index contributed by atoms with van der Waals surface area (Å²) in [6.45, 7) is 1.47. The summed E-state index contributed by atoms with van der Waals surface area (Å²) in [4.78, 5) is 37.6. The summed E-state index contributed by atoms with van der Waals surface area (Å²) < 4.78 is 11.1. The summed E-state index contributed by atoms with van der Waals surface area (Å²) in [5.74, 6) is -1.04. The zero-order chi connectivity index (χ0) is 19.7. The van der Waals surface area contributed by atoms with E-state index < -0.39 is 5.97 Å². The van der Waals surface area contributed by atoms with Gasteiger partial charge in [-0.2, -0.15) is 0 Å². The van der Waals surface area contributed by atoms with Gasteiger partial charge in [0.05, 0.1) is 5.56 Å². The molecule has 0 heterocycles. The Morgan fingerprint density at radius 2 is 1.43 bits per heavy atom. The Morgan fingerprint density at radius 1 is 0.786 bits per heavy atom. The number of benzene rings is 3. The highest BCUT2D eigenvalue weighted by molar-refractivity contribution is 6.29. The number of carbonyl (C=O) groups is 3. The molecule has 0 bridgehead atoms. The first-order chi connectivity index (χ1) is 13.6. The van der Waals surface area contributed by atoms with Crippen LogP contribution in [0.4, 0.5) is 0 Å². The van der Waals surface area contributed by atoms with Crippen molar-refractivity contribution < 1.29 is 23.9 Å². The fourth-order valence-electron chi connectivity index (χ4n) is 3.23. The van der Waals surface area contributed by atoms with E-state index in [1.165, 1.54) is 6.92 Å². The van der Waals surface area contributed by atoms with E-state index in [1.807, 2.05) is 30.3 Å².